The molecule has 1 amide bonds. The van der Waals surface area contributed by atoms with Gasteiger partial charge >= 0.3 is 5.97 Å². The molecule has 0 saturated heterocycles. The number of nitrogens with two attached hydrogens (primary N) is 2. The molecule has 104 valence electrons. The Hall–Kier alpha value is -3.02. The van der Waals surface area contributed by atoms with Crippen molar-refractivity contribution in [1.82, 2.24) is 0 Å². The molecule has 20 heavy (non-hydrogen) atoms. The van der Waals surface area contributed by atoms with E-state index in [-0.39, 0.29) is 11.3 Å². The zero-order valence-electron chi connectivity index (χ0n) is 10.5. The maximum absolute atomic E-state index is 10.5. The van der Waals surface area contributed by atoms with Gasteiger partial charge in [-0.15, -0.1) is 0 Å². The van der Waals surface area contributed by atoms with Crippen LogP contribution in [0.2, 0.25) is 0 Å². The molecular formula is C14H14N2O4. The Morgan fingerprint density at radius 2 is 1.55 bits per heavy atom. The molecule has 6 heteroatoms. The van der Waals surface area contributed by atoms with E-state index in [1.54, 1.807) is 24.3 Å². The van der Waals surface area contributed by atoms with Crippen molar-refractivity contribution in [2.24, 2.45) is 5.73 Å². The molecule has 0 unspecified atom stereocenters. The van der Waals surface area contributed by atoms with Crippen LogP contribution in [0.1, 0.15) is 20.7 Å². The van der Waals surface area contributed by atoms with Crippen LogP contribution in [0.4, 0.5) is 5.69 Å². The van der Waals surface area contributed by atoms with Crippen molar-refractivity contribution in [3.8, 4) is 5.75 Å². The van der Waals surface area contributed by atoms with Crippen LogP contribution < -0.4 is 11.5 Å². The van der Waals surface area contributed by atoms with Gasteiger partial charge in [0.15, 0.2) is 0 Å². The predicted octanol–water partition coefficient (Wildman–Crippen LogP) is 1.46. The predicted molar refractivity (Wildman–Crippen MR) is 74.4 cm³/mol. The Labute approximate surface area is 115 Å². The number of hydrogen-bond donors (Lipinski definition) is 4. The third kappa shape index (κ3) is 4.69. The van der Waals surface area contributed by atoms with E-state index in [0.29, 0.717) is 11.3 Å². The number of primary amides is 1. The van der Waals surface area contributed by atoms with Crippen LogP contribution in [0.5, 0.6) is 5.75 Å². The SMILES string of the molecule is NC(=O)c1cccc(N)c1.O=C(O)c1ccc(O)cc1. The largest absolute Gasteiger partial charge is 0.508 e. The van der Waals surface area contributed by atoms with Crippen molar-refractivity contribution in [2.45, 2.75) is 0 Å². The van der Waals surface area contributed by atoms with E-state index in [1.165, 1.54) is 24.3 Å². The number of anilines is 1. The highest BCUT2D eigenvalue weighted by atomic mass is 16.4. The number of aromatic hydroxyl groups is 1. The van der Waals surface area contributed by atoms with Crippen LogP contribution in [-0.4, -0.2) is 22.1 Å². The van der Waals surface area contributed by atoms with Crippen LogP contribution in [-0.2, 0) is 0 Å². The molecule has 2 aromatic rings. The number of benzene rings is 2. The fourth-order valence-corrected chi connectivity index (χ4v) is 1.30. The second-order valence-electron chi connectivity index (χ2n) is 3.84. The monoisotopic (exact) mass is 274 g/mol. The van der Waals surface area contributed by atoms with Crippen molar-refractivity contribution in [1.29, 1.82) is 0 Å². The number of aromatic carboxylic acids is 1. The van der Waals surface area contributed by atoms with Gasteiger partial charge in [0, 0.05) is 11.3 Å². The zero-order chi connectivity index (χ0) is 15.1. The summed E-state index contributed by atoms with van der Waals surface area (Å²) >= 11 is 0. The molecule has 0 aliphatic rings. The minimum Gasteiger partial charge on any atom is -0.508 e. The molecule has 0 bridgehead atoms. The van der Waals surface area contributed by atoms with E-state index < -0.39 is 11.9 Å². The van der Waals surface area contributed by atoms with Crippen molar-refractivity contribution in [3.63, 3.8) is 0 Å². The van der Waals surface area contributed by atoms with Crippen molar-refractivity contribution >= 4 is 17.6 Å². The first-order valence-electron chi connectivity index (χ1n) is 5.58. The molecule has 0 aliphatic heterocycles. The Bertz CT molecular complexity index is 609. The Morgan fingerprint density at radius 1 is 0.950 bits per heavy atom. The molecule has 0 saturated carbocycles. The minimum absolute atomic E-state index is 0.0741. The van der Waals surface area contributed by atoms with Crippen molar-refractivity contribution < 1.29 is 19.8 Å². The molecule has 0 radical (unpaired) electrons. The lowest BCUT2D eigenvalue weighted by Gasteiger charge is -1.94. The number of phenolic OH excluding ortho intramolecular Hbond substituents is 1. The molecule has 0 aromatic heterocycles. The second-order valence-corrected chi connectivity index (χ2v) is 3.84. The van der Waals surface area contributed by atoms with Crippen LogP contribution in [0.25, 0.3) is 0 Å². The third-order valence-corrected chi connectivity index (χ3v) is 2.29. The van der Waals surface area contributed by atoms with Gasteiger partial charge in [-0.3, -0.25) is 4.79 Å². The van der Waals surface area contributed by atoms with Gasteiger partial charge in [0.1, 0.15) is 5.75 Å². The molecule has 2 rings (SSSR count). The smallest absolute Gasteiger partial charge is 0.335 e. The Kier molecular flexibility index (Phi) is 5.11. The van der Waals surface area contributed by atoms with E-state index >= 15 is 0 Å². The van der Waals surface area contributed by atoms with Crippen LogP contribution in [0, 0.1) is 0 Å². The van der Waals surface area contributed by atoms with Crippen LogP contribution >= 0.6 is 0 Å². The summed E-state index contributed by atoms with van der Waals surface area (Å²) in [5, 5.41) is 17.1. The quantitative estimate of drug-likeness (QED) is 0.616. The normalized spacial score (nSPS) is 9.20. The van der Waals surface area contributed by atoms with Crippen molar-refractivity contribution in [3.05, 3.63) is 59.7 Å². The number of carbonyl (C=O) groups is 2. The molecule has 0 atom stereocenters. The summed E-state index contributed by atoms with van der Waals surface area (Å²) in [5.41, 5.74) is 11.6. The topological polar surface area (TPSA) is 127 Å². The highest BCUT2D eigenvalue weighted by Crippen LogP contribution is 2.08. The molecule has 2 aromatic carbocycles. The maximum atomic E-state index is 10.5. The first kappa shape index (κ1) is 15.0. The lowest BCUT2D eigenvalue weighted by molar-refractivity contribution is 0.0696. The molecule has 0 fully saturated rings. The Morgan fingerprint density at radius 3 is 1.95 bits per heavy atom. The second kappa shape index (κ2) is 6.79. The number of phenols is 1. The van der Waals surface area contributed by atoms with Crippen molar-refractivity contribution in [2.75, 3.05) is 5.73 Å². The van der Waals surface area contributed by atoms with Gasteiger partial charge in [-0.1, -0.05) is 6.07 Å². The van der Waals surface area contributed by atoms with Gasteiger partial charge in [0.25, 0.3) is 0 Å². The molecular weight excluding hydrogens is 260 g/mol. The summed E-state index contributed by atoms with van der Waals surface area (Å²) in [6.07, 6.45) is 0. The Balaban J connectivity index is 0.000000200. The van der Waals surface area contributed by atoms with E-state index in [9.17, 15) is 9.59 Å². The zero-order valence-corrected chi connectivity index (χ0v) is 10.5. The van der Waals surface area contributed by atoms with Crippen LogP contribution in [0.3, 0.4) is 0 Å². The van der Waals surface area contributed by atoms with Gasteiger partial charge in [-0.2, -0.15) is 0 Å². The lowest BCUT2D eigenvalue weighted by atomic mass is 10.2. The van der Waals surface area contributed by atoms with E-state index in [4.69, 9.17) is 21.7 Å². The summed E-state index contributed by atoms with van der Waals surface area (Å²) in [6, 6.07) is 11.9. The minimum atomic E-state index is -0.986. The first-order valence-corrected chi connectivity index (χ1v) is 5.58. The number of amides is 1. The first-order chi connectivity index (χ1) is 9.40. The number of carboxylic acids is 1. The average molecular weight is 274 g/mol. The number of rotatable bonds is 2. The van der Waals surface area contributed by atoms with Gasteiger partial charge in [0.05, 0.1) is 5.56 Å². The molecule has 6 N–H and O–H groups in total. The molecule has 0 heterocycles. The fourth-order valence-electron chi connectivity index (χ4n) is 1.30. The maximum Gasteiger partial charge on any atom is 0.335 e. The van der Waals surface area contributed by atoms with Crippen LogP contribution in [0.15, 0.2) is 48.5 Å². The average Bonchev–Trinajstić information content (AvgIpc) is 2.40. The van der Waals surface area contributed by atoms with Gasteiger partial charge in [0.2, 0.25) is 5.91 Å². The molecule has 0 spiro atoms. The summed E-state index contributed by atoms with van der Waals surface area (Å²) in [6.45, 7) is 0. The van der Waals surface area contributed by atoms with Gasteiger partial charge in [-0.25, -0.2) is 4.79 Å². The van der Waals surface area contributed by atoms with E-state index in [2.05, 4.69) is 0 Å². The highest BCUT2D eigenvalue weighted by Gasteiger charge is 1.99. The summed E-state index contributed by atoms with van der Waals surface area (Å²) in [4.78, 5) is 20.8. The fraction of sp³-hybridized carbons (Fsp3) is 0. The highest BCUT2D eigenvalue weighted by molar-refractivity contribution is 5.93. The lowest BCUT2D eigenvalue weighted by Crippen LogP contribution is -2.10. The van der Waals surface area contributed by atoms with Gasteiger partial charge in [-0.05, 0) is 42.5 Å². The number of carbonyl (C=O) groups excluding carboxylic acids is 1. The summed E-state index contributed by atoms with van der Waals surface area (Å²) < 4.78 is 0. The number of nitrogen functional groups attached to an aromatic ring is 1. The third-order valence-electron chi connectivity index (χ3n) is 2.29. The number of carboxylic acid groups (broad SMARTS) is 1. The molecule has 0 aliphatic carbocycles. The van der Waals surface area contributed by atoms with E-state index in [1.807, 2.05) is 0 Å². The summed E-state index contributed by atoms with van der Waals surface area (Å²) in [7, 11) is 0. The van der Waals surface area contributed by atoms with Gasteiger partial charge < -0.3 is 21.7 Å². The molecule has 6 nitrogen and oxygen atoms in total. The number of hydrogen-bond acceptors (Lipinski definition) is 4. The summed E-state index contributed by atoms with van der Waals surface area (Å²) in [5.74, 6) is -1.36. The standard InChI is InChI=1S/C7H8N2O.C7H6O3/c8-6-3-1-2-5(4-6)7(9)10;8-6-3-1-5(2-4-6)7(9)10/h1-4H,8H2,(H2,9,10);1-4,8H,(H,9,10). The van der Waals surface area contributed by atoms with E-state index in [0.717, 1.165) is 0 Å².